The maximum atomic E-state index is 12.0. The SMILES string of the molecule is CCC=C(C)CN1C(=O)c2ccccc2C1=O. The Bertz CT molecular complexity index is 468. The van der Waals surface area contributed by atoms with Gasteiger partial charge in [-0.15, -0.1) is 0 Å². The first kappa shape index (κ1) is 11.6. The minimum Gasteiger partial charge on any atom is -0.270 e. The van der Waals surface area contributed by atoms with Crippen LogP contribution in [-0.4, -0.2) is 23.3 Å². The molecule has 2 rings (SSSR count). The Balaban J connectivity index is 2.28. The molecule has 3 heteroatoms. The number of imide groups is 1. The Morgan fingerprint density at radius 2 is 1.71 bits per heavy atom. The number of hydrogen-bond donors (Lipinski definition) is 0. The molecule has 88 valence electrons. The van der Waals surface area contributed by atoms with Crippen LogP contribution in [-0.2, 0) is 0 Å². The highest BCUT2D eigenvalue weighted by Gasteiger charge is 2.34. The highest BCUT2D eigenvalue weighted by Crippen LogP contribution is 2.23. The van der Waals surface area contributed by atoms with Gasteiger partial charge in [-0.25, -0.2) is 0 Å². The monoisotopic (exact) mass is 229 g/mol. The number of benzene rings is 1. The standard InChI is InChI=1S/C14H15NO2/c1-3-6-10(2)9-15-13(16)11-7-4-5-8-12(11)14(15)17/h4-8H,3,9H2,1-2H3. The molecule has 0 aromatic heterocycles. The van der Waals surface area contributed by atoms with Gasteiger partial charge in [0.05, 0.1) is 11.1 Å². The second-order valence-electron chi connectivity index (χ2n) is 4.20. The van der Waals surface area contributed by atoms with Crippen LogP contribution >= 0.6 is 0 Å². The zero-order chi connectivity index (χ0) is 12.4. The van der Waals surface area contributed by atoms with Crippen LogP contribution in [0.1, 0.15) is 41.0 Å². The molecule has 0 radical (unpaired) electrons. The maximum absolute atomic E-state index is 12.0. The van der Waals surface area contributed by atoms with Crippen molar-refractivity contribution in [3.8, 4) is 0 Å². The first-order valence-corrected chi connectivity index (χ1v) is 5.76. The van der Waals surface area contributed by atoms with Crippen LogP contribution in [0.4, 0.5) is 0 Å². The van der Waals surface area contributed by atoms with Crippen molar-refractivity contribution in [3.63, 3.8) is 0 Å². The Kier molecular flexibility index (Phi) is 3.09. The van der Waals surface area contributed by atoms with Gasteiger partial charge in [-0.05, 0) is 25.5 Å². The van der Waals surface area contributed by atoms with Crippen molar-refractivity contribution in [2.45, 2.75) is 20.3 Å². The van der Waals surface area contributed by atoms with Crippen molar-refractivity contribution in [1.29, 1.82) is 0 Å². The number of rotatable bonds is 3. The van der Waals surface area contributed by atoms with E-state index in [1.807, 2.05) is 19.9 Å². The number of allylic oxidation sites excluding steroid dienone is 1. The molecule has 1 heterocycles. The van der Waals surface area contributed by atoms with Crippen LogP contribution in [0.2, 0.25) is 0 Å². The number of carbonyl (C=O) groups is 2. The van der Waals surface area contributed by atoms with Gasteiger partial charge in [-0.1, -0.05) is 30.7 Å². The van der Waals surface area contributed by atoms with Crippen LogP contribution < -0.4 is 0 Å². The van der Waals surface area contributed by atoms with Crippen LogP contribution in [0.25, 0.3) is 0 Å². The van der Waals surface area contributed by atoms with Gasteiger partial charge in [0.1, 0.15) is 0 Å². The molecular weight excluding hydrogens is 214 g/mol. The zero-order valence-electron chi connectivity index (χ0n) is 10.1. The molecule has 1 aromatic carbocycles. The lowest BCUT2D eigenvalue weighted by molar-refractivity contribution is 0.0668. The van der Waals surface area contributed by atoms with E-state index in [0.29, 0.717) is 17.7 Å². The molecule has 0 spiro atoms. The fraction of sp³-hybridized carbons (Fsp3) is 0.286. The van der Waals surface area contributed by atoms with Gasteiger partial charge in [-0.3, -0.25) is 14.5 Å². The van der Waals surface area contributed by atoms with Crippen LogP contribution in [0.5, 0.6) is 0 Å². The quantitative estimate of drug-likeness (QED) is 0.590. The third-order valence-electron chi connectivity index (χ3n) is 2.84. The molecule has 0 saturated carbocycles. The molecule has 0 bridgehead atoms. The minimum atomic E-state index is -0.186. The van der Waals surface area contributed by atoms with Gasteiger partial charge in [0.15, 0.2) is 0 Å². The number of hydrogen-bond acceptors (Lipinski definition) is 2. The highest BCUT2D eigenvalue weighted by molar-refractivity contribution is 6.21. The van der Waals surface area contributed by atoms with E-state index in [4.69, 9.17) is 0 Å². The van der Waals surface area contributed by atoms with E-state index in [9.17, 15) is 9.59 Å². The minimum absolute atomic E-state index is 0.186. The predicted octanol–water partition coefficient (Wildman–Crippen LogP) is 2.64. The second kappa shape index (κ2) is 4.53. The zero-order valence-corrected chi connectivity index (χ0v) is 10.1. The van der Waals surface area contributed by atoms with Gasteiger partial charge < -0.3 is 0 Å². The van der Waals surface area contributed by atoms with Crippen LogP contribution in [0, 0.1) is 0 Å². The average Bonchev–Trinajstić information content (AvgIpc) is 2.56. The molecule has 0 N–H and O–H groups in total. The summed E-state index contributed by atoms with van der Waals surface area (Å²) in [5, 5.41) is 0. The first-order valence-electron chi connectivity index (χ1n) is 5.76. The number of nitrogens with zero attached hydrogens (tertiary/aromatic N) is 1. The van der Waals surface area contributed by atoms with E-state index >= 15 is 0 Å². The van der Waals surface area contributed by atoms with Crippen molar-refractivity contribution in [2.75, 3.05) is 6.54 Å². The summed E-state index contributed by atoms with van der Waals surface area (Å²) in [5.41, 5.74) is 2.07. The summed E-state index contributed by atoms with van der Waals surface area (Å²) in [6.45, 7) is 4.36. The van der Waals surface area contributed by atoms with Crippen molar-refractivity contribution >= 4 is 11.8 Å². The number of carbonyl (C=O) groups excluding carboxylic acids is 2. The summed E-state index contributed by atoms with van der Waals surface area (Å²) < 4.78 is 0. The van der Waals surface area contributed by atoms with Gasteiger partial charge in [0.2, 0.25) is 0 Å². The molecule has 3 nitrogen and oxygen atoms in total. The van der Waals surface area contributed by atoms with E-state index < -0.39 is 0 Å². The lowest BCUT2D eigenvalue weighted by atomic mass is 10.1. The molecule has 0 unspecified atom stereocenters. The average molecular weight is 229 g/mol. The molecule has 0 fully saturated rings. The molecular formula is C14H15NO2. The molecule has 17 heavy (non-hydrogen) atoms. The Morgan fingerprint density at radius 3 is 2.18 bits per heavy atom. The molecule has 2 amide bonds. The summed E-state index contributed by atoms with van der Waals surface area (Å²) in [6.07, 6.45) is 2.94. The topological polar surface area (TPSA) is 37.4 Å². The van der Waals surface area contributed by atoms with Crippen molar-refractivity contribution in [3.05, 3.63) is 47.0 Å². The van der Waals surface area contributed by atoms with Crippen molar-refractivity contribution < 1.29 is 9.59 Å². The Labute approximate surface area is 101 Å². The third kappa shape index (κ3) is 2.00. The van der Waals surface area contributed by atoms with Gasteiger partial charge in [0, 0.05) is 6.54 Å². The number of fused-ring (bicyclic) bond motifs is 1. The van der Waals surface area contributed by atoms with E-state index in [-0.39, 0.29) is 11.8 Å². The highest BCUT2D eigenvalue weighted by atomic mass is 16.2. The van der Waals surface area contributed by atoms with Gasteiger partial charge in [-0.2, -0.15) is 0 Å². The summed E-state index contributed by atoms with van der Waals surface area (Å²) in [7, 11) is 0. The lowest BCUT2D eigenvalue weighted by Crippen LogP contribution is -2.31. The summed E-state index contributed by atoms with van der Waals surface area (Å²) in [4.78, 5) is 25.4. The van der Waals surface area contributed by atoms with Crippen LogP contribution in [0.15, 0.2) is 35.9 Å². The predicted molar refractivity (Wildman–Crippen MR) is 65.9 cm³/mol. The molecule has 1 aromatic rings. The van der Waals surface area contributed by atoms with Crippen LogP contribution in [0.3, 0.4) is 0 Å². The van der Waals surface area contributed by atoms with Gasteiger partial charge >= 0.3 is 0 Å². The summed E-state index contributed by atoms with van der Waals surface area (Å²) >= 11 is 0. The maximum Gasteiger partial charge on any atom is 0.261 e. The summed E-state index contributed by atoms with van der Waals surface area (Å²) in [5.74, 6) is -0.371. The van der Waals surface area contributed by atoms with E-state index in [2.05, 4.69) is 0 Å². The summed E-state index contributed by atoms with van der Waals surface area (Å²) in [6, 6.07) is 6.97. The fourth-order valence-electron chi connectivity index (χ4n) is 2.05. The van der Waals surface area contributed by atoms with E-state index in [0.717, 1.165) is 12.0 Å². The molecule has 1 aliphatic rings. The molecule has 0 saturated heterocycles. The largest absolute Gasteiger partial charge is 0.270 e. The number of amides is 2. The lowest BCUT2D eigenvalue weighted by Gasteiger charge is -2.13. The molecule has 0 atom stereocenters. The molecule has 1 aliphatic heterocycles. The Hall–Kier alpha value is -1.90. The van der Waals surface area contributed by atoms with Crippen molar-refractivity contribution in [1.82, 2.24) is 4.90 Å². The Morgan fingerprint density at radius 1 is 1.18 bits per heavy atom. The fourth-order valence-corrected chi connectivity index (χ4v) is 2.05. The molecule has 0 aliphatic carbocycles. The van der Waals surface area contributed by atoms with E-state index in [1.165, 1.54) is 4.90 Å². The smallest absolute Gasteiger partial charge is 0.261 e. The first-order chi connectivity index (χ1) is 8.15. The second-order valence-corrected chi connectivity index (χ2v) is 4.20. The third-order valence-corrected chi connectivity index (χ3v) is 2.84. The van der Waals surface area contributed by atoms with Gasteiger partial charge in [0.25, 0.3) is 11.8 Å². The van der Waals surface area contributed by atoms with Crippen molar-refractivity contribution in [2.24, 2.45) is 0 Å². The normalized spacial score (nSPS) is 15.4. The van der Waals surface area contributed by atoms with E-state index in [1.54, 1.807) is 24.3 Å².